The normalized spacial score (nSPS) is 24.6. The molecule has 0 saturated heterocycles. The topological polar surface area (TPSA) is 105 Å². The van der Waals surface area contributed by atoms with Crippen molar-refractivity contribution in [2.24, 2.45) is 11.8 Å². The highest BCUT2D eigenvalue weighted by molar-refractivity contribution is 5.79. The zero-order valence-corrected chi connectivity index (χ0v) is 19.5. The molecule has 1 saturated carbocycles. The fourth-order valence-corrected chi connectivity index (χ4v) is 5.72. The number of nitrogens with one attached hydrogen (secondary N) is 2. The highest BCUT2D eigenvalue weighted by atomic mass is 16.5. The SMILES string of the molecule is O=C(C[C@@H]1CC[C@H](NC(=O)OCC2c3ccccc3-c3ccccc32)C1)NC1C=CC(C(=O)O)C1. The molecule has 182 valence electrons. The number of aliphatic carboxylic acids is 1. The van der Waals surface area contributed by atoms with Gasteiger partial charge in [0, 0.05) is 24.4 Å². The molecule has 2 aromatic rings. The number of alkyl carbamates (subject to hydrolysis) is 1. The molecule has 7 nitrogen and oxygen atoms in total. The molecule has 4 atom stereocenters. The number of hydrogen-bond acceptors (Lipinski definition) is 4. The molecule has 1 fully saturated rings. The third-order valence-electron chi connectivity index (χ3n) is 7.43. The van der Waals surface area contributed by atoms with Crippen LogP contribution in [0.1, 0.15) is 49.1 Å². The van der Waals surface area contributed by atoms with Crippen molar-refractivity contribution in [3.8, 4) is 11.1 Å². The number of carbonyl (C=O) groups is 3. The number of rotatable bonds is 7. The average molecular weight is 475 g/mol. The first-order valence-corrected chi connectivity index (χ1v) is 12.3. The molecule has 2 amide bonds. The summed E-state index contributed by atoms with van der Waals surface area (Å²) in [6.07, 6.45) is 6.16. The predicted molar refractivity (Wildman–Crippen MR) is 131 cm³/mol. The molecule has 3 N–H and O–H groups in total. The maximum atomic E-state index is 12.6. The van der Waals surface area contributed by atoms with Crippen molar-refractivity contribution in [3.05, 3.63) is 71.8 Å². The quantitative estimate of drug-likeness (QED) is 0.521. The number of carboxylic acid groups (broad SMARTS) is 1. The predicted octanol–water partition coefficient (Wildman–Crippen LogP) is 4.23. The lowest BCUT2D eigenvalue weighted by Gasteiger charge is -2.17. The van der Waals surface area contributed by atoms with Crippen LogP contribution < -0.4 is 10.6 Å². The lowest BCUT2D eigenvalue weighted by atomic mass is 9.98. The maximum absolute atomic E-state index is 12.6. The standard InChI is InChI=1S/C28H30N2O5/c31-26(29-20-12-10-18(15-20)27(32)33)14-17-9-11-19(13-17)30-28(34)35-16-25-23-7-3-1-5-21(23)22-6-2-4-8-24(22)25/h1-8,10,12,17-20,25H,9,11,13-16H2,(H,29,31)(H,30,34)(H,32,33)/t17-,18?,19+,20?/m1/s1. The molecule has 35 heavy (non-hydrogen) atoms. The third kappa shape index (κ3) is 5.09. The average Bonchev–Trinajstić information content (AvgIpc) is 3.56. The molecular formula is C28H30N2O5. The smallest absolute Gasteiger partial charge is 0.407 e. The summed E-state index contributed by atoms with van der Waals surface area (Å²) < 4.78 is 5.65. The van der Waals surface area contributed by atoms with Gasteiger partial charge < -0.3 is 20.5 Å². The second-order valence-electron chi connectivity index (χ2n) is 9.79. The van der Waals surface area contributed by atoms with Crippen LogP contribution in [0.5, 0.6) is 0 Å². The van der Waals surface area contributed by atoms with Gasteiger partial charge in [-0.2, -0.15) is 0 Å². The van der Waals surface area contributed by atoms with E-state index in [1.807, 2.05) is 24.3 Å². The molecule has 0 spiro atoms. The van der Waals surface area contributed by atoms with Crippen molar-refractivity contribution in [1.29, 1.82) is 0 Å². The van der Waals surface area contributed by atoms with Gasteiger partial charge in [0.05, 0.1) is 5.92 Å². The zero-order chi connectivity index (χ0) is 24.4. The summed E-state index contributed by atoms with van der Waals surface area (Å²) in [5, 5.41) is 15.0. The van der Waals surface area contributed by atoms with E-state index in [4.69, 9.17) is 9.84 Å². The van der Waals surface area contributed by atoms with Crippen LogP contribution in [0.3, 0.4) is 0 Å². The molecule has 0 aromatic heterocycles. The summed E-state index contributed by atoms with van der Waals surface area (Å²) in [6, 6.07) is 16.3. The second-order valence-corrected chi connectivity index (χ2v) is 9.79. The van der Waals surface area contributed by atoms with Gasteiger partial charge in [0.1, 0.15) is 6.61 Å². The van der Waals surface area contributed by atoms with Crippen LogP contribution in [0.4, 0.5) is 4.79 Å². The van der Waals surface area contributed by atoms with Gasteiger partial charge >= 0.3 is 12.1 Å². The molecule has 2 unspecified atom stereocenters. The fraction of sp³-hybridized carbons (Fsp3) is 0.393. The van der Waals surface area contributed by atoms with Crippen LogP contribution in [0, 0.1) is 11.8 Å². The van der Waals surface area contributed by atoms with Gasteiger partial charge in [0.2, 0.25) is 5.91 Å². The Balaban J connectivity index is 1.07. The number of carbonyl (C=O) groups excluding carboxylic acids is 2. The number of benzene rings is 2. The van der Waals surface area contributed by atoms with Gasteiger partial charge in [-0.15, -0.1) is 0 Å². The molecular weight excluding hydrogens is 444 g/mol. The van der Waals surface area contributed by atoms with E-state index in [-0.39, 0.29) is 36.4 Å². The third-order valence-corrected chi connectivity index (χ3v) is 7.43. The Morgan fingerprint density at radius 3 is 2.23 bits per heavy atom. The summed E-state index contributed by atoms with van der Waals surface area (Å²) in [5.74, 6) is -1.25. The van der Waals surface area contributed by atoms with Crippen LogP contribution in [-0.2, 0) is 14.3 Å². The monoisotopic (exact) mass is 474 g/mol. The minimum absolute atomic E-state index is 0.00813. The summed E-state index contributed by atoms with van der Waals surface area (Å²) in [6.45, 7) is 0.282. The largest absolute Gasteiger partial charge is 0.481 e. The van der Waals surface area contributed by atoms with Crippen LogP contribution in [-0.4, -0.2) is 41.8 Å². The van der Waals surface area contributed by atoms with Crippen LogP contribution in [0.15, 0.2) is 60.7 Å². The van der Waals surface area contributed by atoms with Crippen molar-refractivity contribution in [2.75, 3.05) is 6.61 Å². The molecule has 3 aliphatic carbocycles. The van der Waals surface area contributed by atoms with E-state index in [2.05, 4.69) is 34.9 Å². The van der Waals surface area contributed by atoms with Gasteiger partial charge in [-0.3, -0.25) is 9.59 Å². The highest BCUT2D eigenvalue weighted by Crippen LogP contribution is 2.44. The van der Waals surface area contributed by atoms with Gasteiger partial charge in [0.15, 0.2) is 0 Å². The summed E-state index contributed by atoms with van der Waals surface area (Å²) in [5.41, 5.74) is 4.75. The molecule has 7 heteroatoms. The number of carboxylic acids is 1. The fourth-order valence-electron chi connectivity index (χ4n) is 5.72. The van der Waals surface area contributed by atoms with E-state index in [0.717, 1.165) is 19.3 Å². The summed E-state index contributed by atoms with van der Waals surface area (Å²) >= 11 is 0. The van der Waals surface area contributed by atoms with Crippen molar-refractivity contribution in [2.45, 2.75) is 50.1 Å². The van der Waals surface area contributed by atoms with E-state index in [0.29, 0.717) is 12.8 Å². The van der Waals surface area contributed by atoms with E-state index in [9.17, 15) is 14.4 Å². The van der Waals surface area contributed by atoms with Gasteiger partial charge in [-0.1, -0.05) is 60.7 Å². The van der Waals surface area contributed by atoms with Crippen LogP contribution in [0.25, 0.3) is 11.1 Å². The van der Waals surface area contributed by atoms with E-state index in [1.165, 1.54) is 22.3 Å². The van der Waals surface area contributed by atoms with Gasteiger partial charge in [0.25, 0.3) is 0 Å². The number of fused-ring (bicyclic) bond motifs is 3. The zero-order valence-electron chi connectivity index (χ0n) is 19.5. The number of ether oxygens (including phenoxy) is 1. The van der Waals surface area contributed by atoms with Gasteiger partial charge in [-0.05, 0) is 53.9 Å². The van der Waals surface area contributed by atoms with Crippen molar-refractivity contribution < 1.29 is 24.2 Å². The Morgan fingerprint density at radius 1 is 0.886 bits per heavy atom. The number of amides is 2. The minimum Gasteiger partial charge on any atom is -0.481 e. The Hall–Kier alpha value is -3.61. The Labute approximate surface area is 204 Å². The molecule has 3 aliphatic rings. The lowest BCUT2D eigenvalue weighted by Crippen LogP contribution is -2.35. The molecule has 0 heterocycles. The lowest BCUT2D eigenvalue weighted by molar-refractivity contribution is -0.140. The molecule has 0 radical (unpaired) electrons. The van der Waals surface area contributed by atoms with Gasteiger partial charge in [-0.25, -0.2) is 4.79 Å². The first kappa shape index (κ1) is 23.1. The summed E-state index contributed by atoms with van der Waals surface area (Å²) in [4.78, 5) is 36.0. The van der Waals surface area contributed by atoms with Crippen molar-refractivity contribution in [1.82, 2.24) is 10.6 Å². The van der Waals surface area contributed by atoms with E-state index < -0.39 is 18.0 Å². The first-order chi connectivity index (χ1) is 17.0. The first-order valence-electron chi connectivity index (χ1n) is 12.3. The van der Waals surface area contributed by atoms with Crippen LogP contribution >= 0.6 is 0 Å². The molecule has 5 rings (SSSR count). The van der Waals surface area contributed by atoms with E-state index >= 15 is 0 Å². The Kier molecular flexibility index (Phi) is 6.57. The molecule has 0 aliphatic heterocycles. The summed E-state index contributed by atoms with van der Waals surface area (Å²) in [7, 11) is 0. The Bertz CT molecular complexity index is 1110. The van der Waals surface area contributed by atoms with Crippen LogP contribution in [0.2, 0.25) is 0 Å². The Morgan fingerprint density at radius 2 is 1.57 bits per heavy atom. The van der Waals surface area contributed by atoms with Crippen molar-refractivity contribution in [3.63, 3.8) is 0 Å². The minimum atomic E-state index is -0.865. The highest BCUT2D eigenvalue weighted by Gasteiger charge is 2.32. The van der Waals surface area contributed by atoms with E-state index in [1.54, 1.807) is 12.2 Å². The molecule has 0 bridgehead atoms. The number of hydrogen-bond donors (Lipinski definition) is 3. The maximum Gasteiger partial charge on any atom is 0.407 e. The second kappa shape index (κ2) is 9.94. The van der Waals surface area contributed by atoms with Crippen molar-refractivity contribution >= 4 is 18.0 Å². The molecule has 2 aromatic carbocycles.